The molecule has 23 heavy (non-hydrogen) atoms. The number of sulfonamides is 1. The van der Waals surface area contributed by atoms with Crippen LogP contribution in [0, 0.1) is 0 Å². The fourth-order valence-electron chi connectivity index (χ4n) is 2.67. The smallest absolute Gasteiger partial charge is 0.274 e. The Morgan fingerprint density at radius 2 is 1.96 bits per heavy atom. The van der Waals surface area contributed by atoms with Crippen LogP contribution in [0.25, 0.3) is 10.8 Å². The first-order valence-corrected chi connectivity index (χ1v) is 8.71. The Bertz CT molecular complexity index is 922. The van der Waals surface area contributed by atoms with E-state index in [1.807, 2.05) is 6.07 Å². The van der Waals surface area contributed by atoms with E-state index in [0.29, 0.717) is 5.39 Å². The van der Waals surface area contributed by atoms with Crippen LogP contribution in [0.5, 0.6) is 0 Å². The van der Waals surface area contributed by atoms with E-state index in [1.54, 1.807) is 24.4 Å². The highest BCUT2D eigenvalue weighted by molar-refractivity contribution is 7.89. The summed E-state index contributed by atoms with van der Waals surface area (Å²) in [5.41, 5.74) is -0.238. The lowest BCUT2D eigenvalue weighted by Crippen LogP contribution is -2.35. The molecule has 0 aliphatic carbocycles. The molecule has 8 nitrogen and oxygen atoms in total. The molecule has 1 aliphatic rings. The molecule has 2 N–H and O–H groups in total. The molecule has 1 unspecified atom stereocenters. The predicted molar refractivity (Wildman–Crippen MR) is 84.1 cm³/mol. The first-order valence-electron chi connectivity index (χ1n) is 7.10. The molecule has 0 spiro atoms. The molecular weight excluding hydrogens is 320 g/mol. The van der Waals surface area contributed by atoms with Gasteiger partial charge in [-0.1, -0.05) is 18.2 Å². The van der Waals surface area contributed by atoms with E-state index in [1.165, 1.54) is 9.58 Å². The highest BCUT2D eigenvalue weighted by Gasteiger charge is 2.36. The van der Waals surface area contributed by atoms with Crippen molar-refractivity contribution in [2.75, 3.05) is 13.1 Å². The predicted octanol–water partition coefficient (Wildman–Crippen LogP) is -0.714. The maximum atomic E-state index is 12.3. The number of carbonyl (C=O) groups is 1. The van der Waals surface area contributed by atoms with Crippen LogP contribution >= 0.6 is 0 Å². The van der Waals surface area contributed by atoms with Crippen molar-refractivity contribution in [2.24, 2.45) is 5.14 Å². The summed E-state index contributed by atoms with van der Waals surface area (Å²) in [6.07, 6.45) is 1.48. The molecule has 0 radical (unpaired) electrons. The van der Waals surface area contributed by atoms with Crippen molar-refractivity contribution < 1.29 is 13.2 Å². The summed E-state index contributed by atoms with van der Waals surface area (Å²) in [7, 11) is -3.73. The van der Waals surface area contributed by atoms with Gasteiger partial charge in [0, 0.05) is 24.9 Å². The number of nitrogens with zero attached hydrogens (tertiary/aromatic N) is 3. The molecule has 0 saturated carbocycles. The number of nitrogens with two attached hydrogens (primary N) is 1. The van der Waals surface area contributed by atoms with Crippen LogP contribution in [-0.4, -0.2) is 47.3 Å². The van der Waals surface area contributed by atoms with Gasteiger partial charge < -0.3 is 4.90 Å². The van der Waals surface area contributed by atoms with Crippen LogP contribution in [0.4, 0.5) is 0 Å². The van der Waals surface area contributed by atoms with Crippen molar-refractivity contribution in [3.8, 4) is 0 Å². The minimum Gasteiger partial charge on any atom is -0.339 e. The number of carbonyl (C=O) groups excluding carboxylic acids is 1. The third-order valence-electron chi connectivity index (χ3n) is 3.99. The van der Waals surface area contributed by atoms with Gasteiger partial charge in [-0.2, -0.15) is 5.10 Å². The zero-order valence-corrected chi connectivity index (χ0v) is 13.1. The average Bonchev–Trinajstić information content (AvgIpc) is 2.88. The Morgan fingerprint density at radius 1 is 1.22 bits per heavy atom. The lowest BCUT2D eigenvalue weighted by Gasteiger charge is -2.16. The van der Waals surface area contributed by atoms with Gasteiger partial charge in [-0.25, -0.2) is 18.2 Å². The minimum atomic E-state index is -3.73. The van der Waals surface area contributed by atoms with E-state index in [4.69, 9.17) is 5.14 Å². The second-order valence-electron chi connectivity index (χ2n) is 5.52. The maximum Gasteiger partial charge on any atom is 0.274 e. The lowest BCUT2D eigenvalue weighted by atomic mass is 10.2. The monoisotopic (exact) mass is 336 g/mol. The van der Waals surface area contributed by atoms with Gasteiger partial charge in [-0.15, -0.1) is 0 Å². The van der Waals surface area contributed by atoms with Crippen LogP contribution in [0.3, 0.4) is 0 Å². The molecule has 1 atom stereocenters. The molecule has 122 valence electrons. The van der Waals surface area contributed by atoms with Crippen LogP contribution < -0.4 is 10.7 Å². The summed E-state index contributed by atoms with van der Waals surface area (Å²) in [5, 5.41) is 9.59. The summed E-state index contributed by atoms with van der Waals surface area (Å²) in [6, 6.07) is 7.11. The van der Waals surface area contributed by atoms with E-state index in [-0.39, 0.29) is 37.5 Å². The van der Waals surface area contributed by atoms with Crippen molar-refractivity contribution in [3.05, 3.63) is 40.8 Å². The Morgan fingerprint density at radius 3 is 2.65 bits per heavy atom. The van der Waals surface area contributed by atoms with E-state index in [9.17, 15) is 18.0 Å². The summed E-state index contributed by atoms with van der Waals surface area (Å²) in [6.45, 7) is 0.475. The van der Waals surface area contributed by atoms with Crippen molar-refractivity contribution in [1.29, 1.82) is 0 Å². The second-order valence-corrected chi connectivity index (χ2v) is 7.36. The van der Waals surface area contributed by atoms with Gasteiger partial charge in [0.2, 0.25) is 15.9 Å². The molecule has 1 saturated heterocycles. The Kier molecular flexibility index (Phi) is 3.90. The molecule has 1 fully saturated rings. The number of hydrogen-bond donors (Lipinski definition) is 1. The van der Waals surface area contributed by atoms with E-state index < -0.39 is 15.3 Å². The minimum absolute atomic E-state index is 0.0556. The quantitative estimate of drug-likeness (QED) is 0.791. The van der Waals surface area contributed by atoms with Gasteiger partial charge in [0.1, 0.15) is 5.25 Å². The number of fused-ring (bicyclic) bond motifs is 1. The SMILES string of the molecule is NS(=O)(=O)C1CC(=O)N(CCn2ncc3ccccc3c2=O)C1. The first kappa shape index (κ1) is 15.6. The lowest BCUT2D eigenvalue weighted by molar-refractivity contribution is -0.127. The number of benzene rings is 1. The molecule has 0 bridgehead atoms. The van der Waals surface area contributed by atoms with E-state index >= 15 is 0 Å². The van der Waals surface area contributed by atoms with Crippen LogP contribution in [-0.2, 0) is 21.4 Å². The average molecular weight is 336 g/mol. The van der Waals surface area contributed by atoms with Crippen molar-refractivity contribution in [1.82, 2.24) is 14.7 Å². The Balaban J connectivity index is 1.75. The number of amides is 1. The number of rotatable bonds is 4. The molecule has 1 aromatic heterocycles. The second kappa shape index (κ2) is 5.74. The Labute approximate surface area is 132 Å². The molecule has 9 heteroatoms. The molecule has 2 aromatic rings. The fourth-order valence-corrected chi connectivity index (χ4v) is 3.44. The molecule has 1 amide bonds. The topological polar surface area (TPSA) is 115 Å². The standard InChI is InChI=1S/C14H16N4O4S/c15-23(21,22)11-7-13(19)17(9-11)5-6-18-14(20)12-4-2-1-3-10(12)8-16-18/h1-4,8,11H,5-7,9H2,(H2,15,21,22). The van der Waals surface area contributed by atoms with Gasteiger partial charge in [0.05, 0.1) is 18.1 Å². The van der Waals surface area contributed by atoms with Gasteiger partial charge in [-0.05, 0) is 6.07 Å². The van der Waals surface area contributed by atoms with Gasteiger partial charge >= 0.3 is 0 Å². The van der Waals surface area contributed by atoms with E-state index in [0.717, 1.165) is 5.39 Å². The van der Waals surface area contributed by atoms with Crippen molar-refractivity contribution in [2.45, 2.75) is 18.2 Å². The normalized spacial score (nSPS) is 18.7. The number of hydrogen-bond acceptors (Lipinski definition) is 5. The van der Waals surface area contributed by atoms with Crippen LogP contribution in [0.1, 0.15) is 6.42 Å². The molecule has 2 heterocycles. The van der Waals surface area contributed by atoms with Crippen LogP contribution in [0.15, 0.2) is 35.3 Å². The summed E-state index contributed by atoms with van der Waals surface area (Å²) < 4.78 is 23.9. The number of primary sulfonamides is 1. The third-order valence-corrected chi connectivity index (χ3v) is 5.23. The van der Waals surface area contributed by atoms with E-state index in [2.05, 4.69) is 5.10 Å². The van der Waals surface area contributed by atoms with Crippen LogP contribution in [0.2, 0.25) is 0 Å². The van der Waals surface area contributed by atoms with Gasteiger partial charge in [0.25, 0.3) is 5.56 Å². The summed E-state index contributed by atoms with van der Waals surface area (Å²) in [5.74, 6) is -0.280. The largest absolute Gasteiger partial charge is 0.339 e. The van der Waals surface area contributed by atoms with Gasteiger partial charge in [0.15, 0.2) is 0 Å². The zero-order valence-electron chi connectivity index (χ0n) is 12.3. The highest BCUT2D eigenvalue weighted by atomic mass is 32.2. The first-order chi connectivity index (χ1) is 10.9. The van der Waals surface area contributed by atoms with Crippen molar-refractivity contribution in [3.63, 3.8) is 0 Å². The summed E-state index contributed by atoms with van der Waals surface area (Å²) in [4.78, 5) is 25.6. The van der Waals surface area contributed by atoms with Gasteiger partial charge in [-0.3, -0.25) is 9.59 Å². The van der Waals surface area contributed by atoms with Crippen molar-refractivity contribution >= 4 is 26.7 Å². The Hall–Kier alpha value is -2.26. The number of aromatic nitrogens is 2. The number of likely N-dealkylation sites (tertiary alicyclic amines) is 1. The molecule has 3 rings (SSSR count). The molecular formula is C14H16N4O4S. The third kappa shape index (κ3) is 3.10. The summed E-state index contributed by atoms with van der Waals surface area (Å²) >= 11 is 0. The fraction of sp³-hybridized carbons (Fsp3) is 0.357. The maximum absolute atomic E-state index is 12.3. The molecule has 1 aliphatic heterocycles. The zero-order chi connectivity index (χ0) is 16.6. The molecule has 1 aromatic carbocycles. The highest BCUT2D eigenvalue weighted by Crippen LogP contribution is 2.16.